The molecule has 73 valence electrons. The monoisotopic (exact) mass is 194 g/mol. The minimum Gasteiger partial charge on any atom is -0.478 e. The molecule has 0 fully saturated rings. The van der Waals surface area contributed by atoms with Gasteiger partial charge in [0.25, 0.3) is 5.69 Å². The topological polar surface area (TPSA) is 80.4 Å². The van der Waals surface area contributed by atoms with Crippen molar-refractivity contribution in [2.24, 2.45) is 0 Å². The van der Waals surface area contributed by atoms with Gasteiger partial charge >= 0.3 is 5.97 Å². The lowest BCUT2D eigenvalue weighted by molar-refractivity contribution is -0.385. The molecule has 0 spiro atoms. The fourth-order valence-electron chi connectivity index (χ4n) is 1.08. The van der Waals surface area contributed by atoms with Crippen molar-refractivity contribution in [2.45, 2.75) is 6.92 Å². The maximum Gasteiger partial charge on any atom is 0.335 e. The van der Waals surface area contributed by atoms with Crippen LogP contribution in [0.1, 0.15) is 22.8 Å². The van der Waals surface area contributed by atoms with Gasteiger partial charge in [0.15, 0.2) is 0 Å². The van der Waals surface area contributed by atoms with E-state index in [-0.39, 0.29) is 11.3 Å². The molecule has 0 aliphatic heterocycles. The van der Waals surface area contributed by atoms with Crippen LogP contribution in [-0.2, 0) is 0 Å². The minimum atomic E-state index is -1.17. The van der Waals surface area contributed by atoms with Crippen LogP contribution in [0.3, 0.4) is 0 Å². The van der Waals surface area contributed by atoms with Gasteiger partial charge in [-0.15, -0.1) is 0 Å². The quantitative estimate of drug-likeness (QED) is 0.588. The molecule has 0 saturated carbocycles. The van der Waals surface area contributed by atoms with E-state index in [1.165, 1.54) is 12.1 Å². The molecule has 0 unspecified atom stereocenters. The van der Waals surface area contributed by atoms with Crippen molar-refractivity contribution < 1.29 is 14.8 Å². The van der Waals surface area contributed by atoms with Gasteiger partial charge in [0.05, 0.1) is 10.5 Å². The van der Waals surface area contributed by atoms with Crippen molar-refractivity contribution in [3.63, 3.8) is 0 Å². The molecule has 14 heavy (non-hydrogen) atoms. The molecule has 0 aromatic heterocycles. The molecule has 0 heterocycles. The number of carboxylic acids is 1. The number of carbonyl (C=O) groups is 1. The van der Waals surface area contributed by atoms with E-state index in [4.69, 9.17) is 5.11 Å². The molecule has 0 amide bonds. The summed E-state index contributed by atoms with van der Waals surface area (Å²) in [6.45, 7) is 1.66. The Morgan fingerprint density at radius 1 is 1.57 bits per heavy atom. The molecule has 0 atom stereocenters. The third-order valence-corrected chi connectivity index (χ3v) is 1.79. The smallest absolute Gasteiger partial charge is 0.335 e. The highest BCUT2D eigenvalue weighted by Gasteiger charge is 2.15. The number of benzene rings is 1. The van der Waals surface area contributed by atoms with Crippen LogP contribution < -0.4 is 0 Å². The Morgan fingerprint density at radius 2 is 2.21 bits per heavy atom. The SMILES string of the molecule is C[CH]c1ccc(C(=O)O)cc1[N+](=O)[O-]. The third kappa shape index (κ3) is 1.87. The van der Waals surface area contributed by atoms with E-state index in [1.807, 2.05) is 0 Å². The summed E-state index contributed by atoms with van der Waals surface area (Å²) in [5, 5.41) is 19.2. The van der Waals surface area contributed by atoms with Gasteiger partial charge in [-0.05, 0) is 12.5 Å². The van der Waals surface area contributed by atoms with Gasteiger partial charge < -0.3 is 5.11 Å². The largest absolute Gasteiger partial charge is 0.478 e. The van der Waals surface area contributed by atoms with Crippen molar-refractivity contribution >= 4 is 11.7 Å². The van der Waals surface area contributed by atoms with E-state index in [9.17, 15) is 14.9 Å². The lowest BCUT2D eigenvalue weighted by atomic mass is 10.1. The van der Waals surface area contributed by atoms with E-state index in [0.29, 0.717) is 5.56 Å². The number of hydrogen-bond donors (Lipinski definition) is 1. The molecular formula is C9H8NO4. The Balaban J connectivity index is 3.27. The molecule has 0 aliphatic carbocycles. The molecule has 1 N–H and O–H groups in total. The fraction of sp³-hybridized carbons (Fsp3) is 0.111. The first-order chi connectivity index (χ1) is 6.56. The van der Waals surface area contributed by atoms with Crippen molar-refractivity contribution in [3.8, 4) is 0 Å². The van der Waals surface area contributed by atoms with Crippen molar-refractivity contribution in [1.82, 2.24) is 0 Å². The Bertz CT molecular complexity index is 386. The van der Waals surface area contributed by atoms with Crippen LogP contribution in [-0.4, -0.2) is 16.0 Å². The van der Waals surface area contributed by atoms with E-state index in [1.54, 1.807) is 13.3 Å². The lowest BCUT2D eigenvalue weighted by Crippen LogP contribution is -2.00. The second kappa shape index (κ2) is 3.87. The Kier molecular flexibility index (Phi) is 2.81. The van der Waals surface area contributed by atoms with E-state index >= 15 is 0 Å². The molecule has 1 rings (SSSR count). The van der Waals surface area contributed by atoms with Crippen LogP contribution in [0.15, 0.2) is 18.2 Å². The number of aromatic carboxylic acids is 1. The first-order valence-electron chi connectivity index (χ1n) is 3.87. The third-order valence-electron chi connectivity index (χ3n) is 1.79. The van der Waals surface area contributed by atoms with Gasteiger partial charge in [-0.25, -0.2) is 4.79 Å². The Labute approximate surface area is 80.1 Å². The first-order valence-corrected chi connectivity index (χ1v) is 3.87. The normalized spacial score (nSPS) is 9.79. The van der Waals surface area contributed by atoms with Crippen molar-refractivity contribution in [2.75, 3.05) is 0 Å². The molecule has 0 bridgehead atoms. The average Bonchev–Trinajstić information content (AvgIpc) is 2.16. The summed E-state index contributed by atoms with van der Waals surface area (Å²) < 4.78 is 0. The maximum absolute atomic E-state index is 10.5. The first kappa shape index (κ1) is 10.2. The number of rotatable bonds is 3. The summed E-state index contributed by atoms with van der Waals surface area (Å²) in [5.74, 6) is -1.17. The zero-order valence-electron chi connectivity index (χ0n) is 7.43. The van der Waals surface area contributed by atoms with Crippen LogP contribution in [0.5, 0.6) is 0 Å². The second-order valence-electron chi connectivity index (χ2n) is 2.62. The zero-order chi connectivity index (χ0) is 10.7. The zero-order valence-corrected chi connectivity index (χ0v) is 7.43. The maximum atomic E-state index is 10.5. The van der Waals surface area contributed by atoms with E-state index < -0.39 is 10.9 Å². The van der Waals surface area contributed by atoms with Gasteiger partial charge in [0, 0.05) is 11.6 Å². The number of nitrogens with zero attached hydrogens (tertiary/aromatic N) is 1. The van der Waals surface area contributed by atoms with Crippen LogP contribution in [0.2, 0.25) is 0 Å². The van der Waals surface area contributed by atoms with E-state index in [0.717, 1.165) is 6.07 Å². The predicted octanol–water partition coefficient (Wildman–Crippen LogP) is 1.87. The summed E-state index contributed by atoms with van der Waals surface area (Å²) in [4.78, 5) is 20.5. The fourth-order valence-corrected chi connectivity index (χ4v) is 1.08. The number of nitro benzene ring substituents is 1. The van der Waals surface area contributed by atoms with Crippen LogP contribution >= 0.6 is 0 Å². The molecule has 5 heteroatoms. The van der Waals surface area contributed by atoms with Gasteiger partial charge in [-0.1, -0.05) is 13.0 Å². The summed E-state index contributed by atoms with van der Waals surface area (Å²) in [6.07, 6.45) is 1.56. The van der Waals surface area contributed by atoms with Gasteiger partial charge in [0.2, 0.25) is 0 Å². The number of hydrogen-bond acceptors (Lipinski definition) is 3. The molecule has 1 aromatic carbocycles. The highest BCUT2D eigenvalue weighted by atomic mass is 16.6. The van der Waals surface area contributed by atoms with Crippen molar-refractivity contribution in [1.29, 1.82) is 0 Å². The van der Waals surface area contributed by atoms with Crippen LogP contribution in [0.25, 0.3) is 0 Å². The Morgan fingerprint density at radius 3 is 2.64 bits per heavy atom. The molecular weight excluding hydrogens is 186 g/mol. The van der Waals surface area contributed by atoms with E-state index in [2.05, 4.69) is 0 Å². The van der Waals surface area contributed by atoms with Crippen LogP contribution in [0, 0.1) is 16.5 Å². The van der Waals surface area contributed by atoms with Gasteiger partial charge in [0.1, 0.15) is 0 Å². The lowest BCUT2D eigenvalue weighted by Gasteiger charge is -2.00. The Hall–Kier alpha value is -1.91. The summed E-state index contributed by atoms with van der Waals surface area (Å²) in [7, 11) is 0. The summed E-state index contributed by atoms with van der Waals surface area (Å²) in [5.41, 5.74) is 0.148. The number of nitro groups is 1. The molecule has 1 aromatic rings. The van der Waals surface area contributed by atoms with Gasteiger partial charge in [-0.2, -0.15) is 0 Å². The van der Waals surface area contributed by atoms with Gasteiger partial charge in [-0.3, -0.25) is 10.1 Å². The molecule has 5 nitrogen and oxygen atoms in total. The standard InChI is InChI=1S/C9H8NO4/c1-2-6-3-4-7(9(11)12)5-8(6)10(13)14/h2-5H,1H3,(H,11,12). The highest BCUT2D eigenvalue weighted by molar-refractivity contribution is 5.88. The summed E-state index contributed by atoms with van der Waals surface area (Å²) >= 11 is 0. The number of carboxylic acid groups (broad SMARTS) is 1. The van der Waals surface area contributed by atoms with Crippen LogP contribution in [0.4, 0.5) is 5.69 Å². The highest BCUT2D eigenvalue weighted by Crippen LogP contribution is 2.21. The average molecular weight is 194 g/mol. The summed E-state index contributed by atoms with van der Waals surface area (Å²) in [6, 6.07) is 3.81. The minimum absolute atomic E-state index is 0.0812. The molecule has 0 aliphatic rings. The predicted molar refractivity (Wildman–Crippen MR) is 49.1 cm³/mol. The molecule has 1 radical (unpaired) electrons. The van der Waals surface area contributed by atoms with Crippen molar-refractivity contribution in [3.05, 3.63) is 45.9 Å². The molecule has 0 saturated heterocycles. The second-order valence-corrected chi connectivity index (χ2v) is 2.62.